The molecule has 0 aliphatic heterocycles. The summed E-state index contributed by atoms with van der Waals surface area (Å²) >= 11 is 1.72. The molecule has 144 valence electrons. The third-order valence-electron chi connectivity index (χ3n) is 3.47. The van der Waals surface area contributed by atoms with Gasteiger partial charge in [-0.2, -0.15) is 0 Å². The van der Waals surface area contributed by atoms with E-state index >= 15 is 0 Å². The SMILES string of the molecule is CN=C(NCCc1cccs1)NCCS(=O)(=O)NCc1ccccc1.I. The number of nitrogens with one attached hydrogen (secondary N) is 3. The molecule has 0 spiro atoms. The number of benzene rings is 1. The van der Waals surface area contributed by atoms with Gasteiger partial charge >= 0.3 is 0 Å². The highest BCUT2D eigenvalue weighted by Gasteiger charge is 2.10. The van der Waals surface area contributed by atoms with Crippen LogP contribution in [-0.4, -0.2) is 40.3 Å². The van der Waals surface area contributed by atoms with Crippen molar-refractivity contribution in [2.24, 2.45) is 4.99 Å². The minimum atomic E-state index is -3.33. The van der Waals surface area contributed by atoms with Gasteiger partial charge in [0.15, 0.2) is 5.96 Å². The number of thiophene rings is 1. The third kappa shape index (κ3) is 8.97. The topological polar surface area (TPSA) is 82.6 Å². The van der Waals surface area contributed by atoms with Crippen LogP contribution < -0.4 is 15.4 Å². The molecule has 1 heterocycles. The second kappa shape index (κ2) is 12.3. The van der Waals surface area contributed by atoms with Crippen molar-refractivity contribution in [3.8, 4) is 0 Å². The highest BCUT2D eigenvalue weighted by Crippen LogP contribution is 2.07. The Bertz CT molecular complexity index is 750. The number of rotatable bonds is 9. The largest absolute Gasteiger partial charge is 0.356 e. The van der Waals surface area contributed by atoms with Crippen molar-refractivity contribution >= 4 is 51.3 Å². The van der Waals surface area contributed by atoms with Crippen LogP contribution in [0.2, 0.25) is 0 Å². The molecule has 0 saturated heterocycles. The maximum atomic E-state index is 12.0. The zero-order chi connectivity index (χ0) is 18.0. The second-order valence-electron chi connectivity index (χ2n) is 5.38. The number of hydrogen-bond acceptors (Lipinski definition) is 4. The van der Waals surface area contributed by atoms with Crippen LogP contribution in [0.15, 0.2) is 52.8 Å². The summed E-state index contributed by atoms with van der Waals surface area (Å²) in [6.45, 7) is 1.35. The number of halogens is 1. The van der Waals surface area contributed by atoms with E-state index in [4.69, 9.17) is 0 Å². The summed E-state index contributed by atoms with van der Waals surface area (Å²) in [5, 5.41) is 8.26. The van der Waals surface area contributed by atoms with Crippen LogP contribution in [0, 0.1) is 0 Å². The van der Waals surface area contributed by atoms with Crippen LogP contribution in [0.4, 0.5) is 0 Å². The Balaban J connectivity index is 0.00000338. The van der Waals surface area contributed by atoms with E-state index in [1.807, 2.05) is 36.4 Å². The van der Waals surface area contributed by atoms with E-state index in [-0.39, 0.29) is 29.7 Å². The Labute approximate surface area is 176 Å². The van der Waals surface area contributed by atoms with Crippen LogP contribution in [0.5, 0.6) is 0 Å². The molecule has 1 aromatic carbocycles. The van der Waals surface area contributed by atoms with Gasteiger partial charge in [-0.05, 0) is 23.4 Å². The van der Waals surface area contributed by atoms with Gasteiger partial charge in [-0.1, -0.05) is 36.4 Å². The molecule has 0 aliphatic carbocycles. The summed E-state index contributed by atoms with van der Waals surface area (Å²) in [6.07, 6.45) is 0.912. The van der Waals surface area contributed by atoms with E-state index in [9.17, 15) is 8.42 Å². The van der Waals surface area contributed by atoms with Gasteiger partial charge in [0.2, 0.25) is 10.0 Å². The summed E-state index contributed by atoms with van der Waals surface area (Å²) in [4.78, 5) is 5.40. The summed E-state index contributed by atoms with van der Waals surface area (Å²) in [5.41, 5.74) is 0.935. The highest BCUT2D eigenvalue weighted by molar-refractivity contribution is 14.0. The second-order valence-corrected chi connectivity index (χ2v) is 8.34. The first-order valence-electron chi connectivity index (χ1n) is 8.07. The Morgan fingerprint density at radius 3 is 2.46 bits per heavy atom. The molecule has 9 heteroatoms. The van der Waals surface area contributed by atoms with Crippen molar-refractivity contribution in [1.82, 2.24) is 15.4 Å². The van der Waals surface area contributed by atoms with E-state index in [0.29, 0.717) is 19.0 Å². The fraction of sp³-hybridized carbons (Fsp3) is 0.353. The average Bonchev–Trinajstić information content (AvgIpc) is 3.13. The Kier molecular flexibility index (Phi) is 10.8. The van der Waals surface area contributed by atoms with Crippen LogP contribution in [0.25, 0.3) is 0 Å². The smallest absolute Gasteiger partial charge is 0.213 e. The lowest BCUT2D eigenvalue weighted by atomic mass is 10.2. The lowest BCUT2D eigenvalue weighted by molar-refractivity contribution is 0.580. The molecule has 2 aromatic rings. The summed E-state index contributed by atoms with van der Waals surface area (Å²) in [7, 11) is -1.66. The fourth-order valence-electron chi connectivity index (χ4n) is 2.14. The normalized spacial score (nSPS) is 11.7. The van der Waals surface area contributed by atoms with Crippen molar-refractivity contribution in [3.63, 3.8) is 0 Å². The van der Waals surface area contributed by atoms with Crippen molar-refractivity contribution in [2.45, 2.75) is 13.0 Å². The van der Waals surface area contributed by atoms with E-state index in [1.54, 1.807) is 18.4 Å². The molecule has 0 fully saturated rings. The van der Waals surface area contributed by atoms with Gasteiger partial charge in [-0.25, -0.2) is 13.1 Å². The predicted molar refractivity (Wildman–Crippen MR) is 120 cm³/mol. The van der Waals surface area contributed by atoms with Crippen LogP contribution >= 0.6 is 35.3 Å². The maximum absolute atomic E-state index is 12.0. The molecule has 6 nitrogen and oxygen atoms in total. The molecule has 0 aliphatic rings. The molecule has 0 amide bonds. The molecule has 0 unspecified atom stereocenters. The molecule has 26 heavy (non-hydrogen) atoms. The average molecular weight is 508 g/mol. The van der Waals surface area contributed by atoms with Crippen LogP contribution in [-0.2, 0) is 23.0 Å². The number of aliphatic imine (C=N–C) groups is 1. The van der Waals surface area contributed by atoms with Crippen molar-refractivity contribution in [3.05, 3.63) is 58.3 Å². The molecule has 0 bridgehead atoms. The monoisotopic (exact) mass is 508 g/mol. The third-order valence-corrected chi connectivity index (χ3v) is 5.73. The first-order valence-corrected chi connectivity index (χ1v) is 10.6. The Morgan fingerprint density at radius 1 is 1.08 bits per heavy atom. The zero-order valence-electron chi connectivity index (χ0n) is 14.6. The minimum Gasteiger partial charge on any atom is -0.356 e. The lowest BCUT2D eigenvalue weighted by Crippen LogP contribution is -2.41. The minimum absolute atomic E-state index is 0. The van der Waals surface area contributed by atoms with E-state index in [0.717, 1.165) is 18.5 Å². The first kappa shape index (κ1) is 22.9. The summed E-state index contributed by atoms with van der Waals surface area (Å²) in [6, 6.07) is 13.6. The number of guanidine groups is 1. The standard InChI is InChI=1S/C17H24N4O2S2.HI/c1-18-17(19-10-9-16-8-5-12-24-16)20-11-13-25(22,23)21-14-15-6-3-2-4-7-15;/h2-8,12,21H,9-11,13-14H2,1H3,(H2,18,19,20);1H. The summed E-state index contributed by atoms with van der Waals surface area (Å²) in [5.74, 6) is 0.598. The van der Waals surface area contributed by atoms with Gasteiger partial charge in [-0.3, -0.25) is 4.99 Å². The quantitative estimate of drug-likeness (QED) is 0.276. The van der Waals surface area contributed by atoms with Gasteiger partial charge in [0, 0.05) is 31.6 Å². The number of hydrogen-bond donors (Lipinski definition) is 3. The van der Waals surface area contributed by atoms with E-state index in [1.165, 1.54) is 4.88 Å². The van der Waals surface area contributed by atoms with Crippen molar-refractivity contribution < 1.29 is 8.42 Å². The van der Waals surface area contributed by atoms with Gasteiger partial charge in [0.1, 0.15) is 0 Å². The molecule has 3 N–H and O–H groups in total. The van der Waals surface area contributed by atoms with Crippen molar-refractivity contribution in [2.75, 3.05) is 25.9 Å². The van der Waals surface area contributed by atoms with Gasteiger partial charge in [-0.15, -0.1) is 35.3 Å². The van der Waals surface area contributed by atoms with Crippen molar-refractivity contribution in [1.29, 1.82) is 0 Å². The zero-order valence-corrected chi connectivity index (χ0v) is 18.6. The van der Waals surface area contributed by atoms with Gasteiger partial charge in [0.05, 0.1) is 5.75 Å². The van der Waals surface area contributed by atoms with Crippen LogP contribution in [0.1, 0.15) is 10.4 Å². The highest BCUT2D eigenvalue weighted by atomic mass is 127. The molecule has 0 saturated carbocycles. The Hall–Kier alpha value is -1.17. The number of nitrogens with zero attached hydrogens (tertiary/aromatic N) is 1. The molecular formula is C17H25IN4O2S2. The maximum Gasteiger partial charge on any atom is 0.213 e. The lowest BCUT2D eigenvalue weighted by Gasteiger charge is -2.12. The first-order chi connectivity index (χ1) is 12.1. The molecule has 1 aromatic heterocycles. The predicted octanol–water partition coefficient (Wildman–Crippen LogP) is 2.19. The van der Waals surface area contributed by atoms with Crippen LogP contribution in [0.3, 0.4) is 0 Å². The molecular weight excluding hydrogens is 483 g/mol. The van der Waals surface area contributed by atoms with E-state index in [2.05, 4.69) is 31.8 Å². The molecule has 0 atom stereocenters. The van der Waals surface area contributed by atoms with Gasteiger partial charge < -0.3 is 10.6 Å². The number of sulfonamides is 1. The fourth-order valence-corrected chi connectivity index (χ4v) is 3.76. The molecule has 2 rings (SSSR count). The Morgan fingerprint density at radius 2 is 1.81 bits per heavy atom. The summed E-state index contributed by atoms with van der Waals surface area (Å²) < 4.78 is 26.7. The molecule has 0 radical (unpaired) electrons. The van der Waals surface area contributed by atoms with E-state index < -0.39 is 10.0 Å². The van der Waals surface area contributed by atoms with Gasteiger partial charge in [0.25, 0.3) is 0 Å².